The average Bonchev–Trinajstić information content (AvgIpc) is 3.08. The van der Waals surface area contributed by atoms with E-state index >= 15 is 0 Å². The molecule has 1 aliphatic rings. The smallest absolute Gasteiger partial charge is 0.331 e. The first kappa shape index (κ1) is 23.0. The second-order valence-electron chi connectivity index (χ2n) is 7.12. The maximum Gasteiger partial charge on any atom is 0.331 e. The Kier molecular flexibility index (Phi) is 7.13. The first-order valence-corrected chi connectivity index (χ1v) is 11.6. The Balaban J connectivity index is 1.60. The van der Waals surface area contributed by atoms with Gasteiger partial charge >= 0.3 is 5.97 Å². The highest BCUT2D eigenvalue weighted by Gasteiger charge is 2.41. The molecule has 3 aromatic rings. The minimum absolute atomic E-state index is 0.192. The molecule has 0 aromatic heterocycles. The third-order valence-corrected chi connectivity index (χ3v) is 6.68. The van der Waals surface area contributed by atoms with Crippen molar-refractivity contribution in [2.24, 2.45) is 0 Å². The van der Waals surface area contributed by atoms with E-state index in [1.807, 2.05) is 36.4 Å². The molecule has 0 bridgehead atoms. The molecule has 1 amide bonds. The fourth-order valence-corrected chi connectivity index (χ4v) is 4.88. The van der Waals surface area contributed by atoms with Crippen LogP contribution in [-0.4, -0.2) is 26.2 Å². The Hall–Kier alpha value is -3.13. The molecule has 0 spiro atoms. The third kappa shape index (κ3) is 5.11. The summed E-state index contributed by atoms with van der Waals surface area (Å²) in [4.78, 5) is 26.7. The lowest BCUT2D eigenvalue weighted by Gasteiger charge is -2.23. The van der Waals surface area contributed by atoms with Gasteiger partial charge in [-0.15, -0.1) is 0 Å². The fourth-order valence-electron chi connectivity index (χ4n) is 3.38. The molecule has 1 saturated heterocycles. The highest BCUT2D eigenvalue weighted by atomic mass is 35.5. The molecule has 1 heterocycles. The predicted octanol–water partition coefficient (Wildman–Crippen LogP) is 5.95. The topological polar surface area (TPSA) is 66.8 Å². The summed E-state index contributed by atoms with van der Waals surface area (Å²) in [6.07, 6.45) is 1.67. The van der Waals surface area contributed by atoms with E-state index in [1.54, 1.807) is 48.5 Å². The summed E-state index contributed by atoms with van der Waals surface area (Å²) in [5.74, 6) is -1.04. The van der Waals surface area contributed by atoms with Crippen molar-refractivity contribution in [2.75, 3.05) is 0 Å². The maximum atomic E-state index is 13.2. The van der Waals surface area contributed by atoms with Crippen molar-refractivity contribution in [3.63, 3.8) is 0 Å². The van der Waals surface area contributed by atoms with E-state index in [9.17, 15) is 14.7 Å². The van der Waals surface area contributed by atoms with E-state index in [-0.39, 0.29) is 10.9 Å². The van der Waals surface area contributed by atoms with Crippen LogP contribution in [0.5, 0.6) is 5.75 Å². The lowest BCUT2D eigenvalue weighted by Crippen LogP contribution is -2.37. The van der Waals surface area contributed by atoms with Gasteiger partial charge in [0.2, 0.25) is 0 Å². The van der Waals surface area contributed by atoms with Crippen LogP contribution in [0, 0.1) is 0 Å². The molecule has 0 aliphatic carbocycles. The van der Waals surface area contributed by atoms with Gasteiger partial charge in [0, 0.05) is 16.1 Å². The zero-order chi connectivity index (χ0) is 23.4. The summed E-state index contributed by atoms with van der Waals surface area (Å²) in [5, 5.41) is 10.4. The second kappa shape index (κ2) is 10.2. The number of amides is 1. The number of halogens is 1. The van der Waals surface area contributed by atoms with Gasteiger partial charge in [-0.2, -0.15) is 0 Å². The molecule has 1 aliphatic heterocycles. The van der Waals surface area contributed by atoms with Gasteiger partial charge in [0.15, 0.2) is 6.04 Å². The third-order valence-electron chi connectivity index (χ3n) is 4.98. The number of carbonyl (C=O) groups is 2. The van der Waals surface area contributed by atoms with Gasteiger partial charge in [0.25, 0.3) is 5.91 Å². The van der Waals surface area contributed by atoms with Crippen LogP contribution in [0.2, 0.25) is 5.02 Å². The number of aliphatic carboxylic acids is 1. The number of benzene rings is 3. The van der Waals surface area contributed by atoms with Crippen LogP contribution in [0.25, 0.3) is 6.08 Å². The number of hydrogen-bond donors (Lipinski definition) is 1. The molecule has 166 valence electrons. The number of carboxylic acids is 1. The standard InChI is InChI=1S/C25H18ClNO4S2/c26-19-12-6-4-11-18(19)15-31-20-13-7-5-10-17(20)14-21-23(28)27(25(32)33-21)22(24(29)30)16-8-2-1-3-9-16/h1-14,22H,15H2,(H,29,30)/b21-14+/t22-/m1/s1. The fraction of sp³-hybridized carbons (Fsp3) is 0.0800. The zero-order valence-corrected chi connectivity index (χ0v) is 19.6. The minimum Gasteiger partial charge on any atom is -0.488 e. The van der Waals surface area contributed by atoms with E-state index in [0.717, 1.165) is 22.2 Å². The molecule has 8 heteroatoms. The number of para-hydroxylation sites is 1. The van der Waals surface area contributed by atoms with Gasteiger partial charge in [-0.05, 0) is 23.8 Å². The van der Waals surface area contributed by atoms with Crippen molar-refractivity contribution in [1.82, 2.24) is 4.90 Å². The maximum absolute atomic E-state index is 13.2. The van der Waals surface area contributed by atoms with Crippen molar-refractivity contribution in [3.8, 4) is 5.75 Å². The Morgan fingerprint density at radius 3 is 2.45 bits per heavy atom. The zero-order valence-electron chi connectivity index (χ0n) is 17.2. The summed E-state index contributed by atoms with van der Waals surface area (Å²) in [5.41, 5.74) is 2.00. The number of rotatable bonds is 7. The van der Waals surface area contributed by atoms with Crippen LogP contribution < -0.4 is 4.74 Å². The predicted molar refractivity (Wildman–Crippen MR) is 134 cm³/mol. The molecule has 5 nitrogen and oxygen atoms in total. The Morgan fingerprint density at radius 2 is 1.73 bits per heavy atom. The molecule has 1 fully saturated rings. The minimum atomic E-state index is -1.20. The molecule has 1 N–H and O–H groups in total. The van der Waals surface area contributed by atoms with Crippen molar-refractivity contribution >= 4 is 57.9 Å². The average molecular weight is 496 g/mol. The van der Waals surface area contributed by atoms with E-state index in [4.69, 9.17) is 28.6 Å². The molecular formula is C25H18ClNO4S2. The van der Waals surface area contributed by atoms with Crippen molar-refractivity contribution in [1.29, 1.82) is 0 Å². The first-order chi connectivity index (χ1) is 16.0. The number of thioether (sulfide) groups is 1. The summed E-state index contributed by atoms with van der Waals surface area (Å²) < 4.78 is 6.16. The Bertz CT molecular complexity index is 1250. The SMILES string of the molecule is O=C(O)[C@@H](c1ccccc1)N1C(=O)/C(=C\c2ccccc2OCc2ccccc2Cl)SC1=S. The van der Waals surface area contributed by atoms with Crippen LogP contribution in [0.3, 0.4) is 0 Å². The van der Waals surface area contributed by atoms with Gasteiger partial charge in [-0.3, -0.25) is 9.69 Å². The second-order valence-corrected chi connectivity index (χ2v) is 9.20. The van der Waals surface area contributed by atoms with Gasteiger partial charge in [-0.25, -0.2) is 4.79 Å². The van der Waals surface area contributed by atoms with Crippen LogP contribution in [-0.2, 0) is 16.2 Å². The number of thiocarbonyl (C=S) groups is 1. The summed E-state index contributed by atoms with van der Waals surface area (Å²) in [6.45, 7) is 0.264. The molecular weight excluding hydrogens is 478 g/mol. The van der Waals surface area contributed by atoms with Crippen molar-refractivity contribution in [3.05, 3.63) is 105 Å². The summed E-state index contributed by atoms with van der Waals surface area (Å²) in [6, 6.07) is 22.1. The first-order valence-electron chi connectivity index (χ1n) is 9.96. The van der Waals surface area contributed by atoms with Gasteiger partial charge < -0.3 is 9.84 Å². The number of carboxylic acid groups (broad SMARTS) is 1. The monoisotopic (exact) mass is 495 g/mol. The lowest BCUT2D eigenvalue weighted by atomic mass is 10.1. The van der Waals surface area contributed by atoms with Crippen LogP contribution in [0.1, 0.15) is 22.7 Å². The van der Waals surface area contributed by atoms with Gasteiger partial charge in [-0.1, -0.05) is 102 Å². The van der Waals surface area contributed by atoms with Crippen LogP contribution in [0.4, 0.5) is 0 Å². The number of ether oxygens (including phenoxy) is 1. The van der Waals surface area contributed by atoms with E-state index in [1.165, 1.54) is 0 Å². The van der Waals surface area contributed by atoms with Crippen molar-refractivity contribution in [2.45, 2.75) is 12.6 Å². The largest absolute Gasteiger partial charge is 0.488 e. The molecule has 4 rings (SSSR count). The van der Waals surface area contributed by atoms with E-state index < -0.39 is 17.9 Å². The molecule has 0 radical (unpaired) electrons. The quantitative estimate of drug-likeness (QED) is 0.323. The normalized spacial score (nSPS) is 15.7. The number of carbonyl (C=O) groups excluding carboxylic acids is 1. The molecule has 33 heavy (non-hydrogen) atoms. The Morgan fingerprint density at radius 1 is 1.06 bits per heavy atom. The van der Waals surface area contributed by atoms with Crippen molar-refractivity contribution < 1.29 is 19.4 Å². The number of nitrogens with zero attached hydrogens (tertiary/aromatic N) is 1. The lowest BCUT2D eigenvalue weighted by molar-refractivity contribution is -0.145. The Labute approximate surface area is 205 Å². The van der Waals surface area contributed by atoms with E-state index in [2.05, 4.69) is 0 Å². The molecule has 0 unspecified atom stereocenters. The summed E-state index contributed by atoms with van der Waals surface area (Å²) >= 11 is 12.7. The van der Waals surface area contributed by atoms with Crippen LogP contribution in [0.15, 0.2) is 83.8 Å². The number of hydrogen-bond acceptors (Lipinski definition) is 5. The molecule has 0 saturated carbocycles. The van der Waals surface area contributed by atoms with Crippen LogP contribution >= 0.6 is 35.6 Å². The highest BCUT2D eigenvalue weighted by Crippen LogP contribution is 2.39. The van der Waals surface area contributed by atoms with E-state index in [0.29, 0.717) is 26.8 Å². The van der Waals surface area contributed by atoms with Gasteiger partial charge in [0.1, 0.15) is 16.7 Å². The van der Waals surface area contributed by atoms with Gasteiger partial charge in [0.05, 0.1) is 4.91 Å². The molecule has 1 atom stereocenters. The molecule has 3 aromatic carbocycles. The highest BCUT2D eigenvalue weighted by molar-refractivity contribution is 8.26. The summed E-state index contributed by atoms with van der Waals surface area (Å²) in [7, 11) is 0.